The first-order valence-electron chi connectivity index (χ1n) is 9.34. The second-order valence-electron chi connectivity index (χ2n) is 6.44. The maximum absolute atomic E-state index is 13.7. The van der Waals surface area contributed by atoms with Crippen LogP contribution in [0.1, 0.15) is 24.0 Å². The van der Waals surface area contributed by atoms with Gasteiger partial charge in [0.25, 0.3) is 0 Å². The molecule has 0 aromatic heterocycles. The highest BCUT2D eigenvalue weighted by molar-refractivity contribution is 6.12. The molecule has 2 aromatic carbocycles. The number of methoxy groups -OCH3 is 3. The van der Waals surface area contributed by atoms with Gasteiger partial charge in [-0.15, -0.1) is 5.73 Å². The summed E-state index contributed by atoms with van der Waals surface area (Å²) in [6.07, 6.45) is 4.70. The van der Waals surface area contributed by atoms with Gasteiger partial charge in [0, 0.05) is 5.57 Å². The van der Waals surface area contributed by atoms with E-state index < -0.39 is 5.82 Å². The third kappa shape index (κ3) is 4.63. The van der Waals surface area contributed by atoms with E-state index in [2.05, 4.69) is 17.6 Å². The van der Waals surface area contributed by atoms with E-state index in [9.17, 15) is 9.18 Å². The standard InChI is InChI=1S/C25H21FO4/c1-28-22-15-17(16-23(29-2)25(22)30-3)11-12-19-8-6-9-20(24(19)27)14-13-18-7-4-5-10-21(18)26/h4-5,7,9-11,15-16H,6,8H2,1-3H3. The summed E-state index contributed by atoms with van der Waals surface area (Å²) in [6.45, 7) is 0. The average Bonchev–Trinajstić information content (AvgIpc) is 2.77. The Hall–Kier alpha value is -3.74. The number of Topliss-reactive ketones (excluding diaryl/α,β-unsaturated/α-hetero) is 1. The number of halogens is 1. The van der Waals surface area contributed by atoms with Gasteiger partial charge in [0.1, 0.15) is 5.82 Å². The molecule has 0 saturated heterocycles. The van der Waals surface area contributed by atoms with Crippen LogP contribution in [0.4, 0.5) is 4.39 Å². The summed E-state index contributed by atoms with van der Waals surface area (Å²) in [7, 11) is 4.62. The number of carbonyl (C=O) groups is 1. The minimum atomic E-state index is -0.410. The Labute approximate surface area is 175 Å². The molecule has 0 amide bonds. The Morgan fingerprint density at radius 1 is 1.00 bits per heavy atom. The van der Waals surface area contributed by atoms with E-state index in [1.54, 1.807) is 56.7 Å². The first-order valence-corrected chi connectivity index (χ1v) is 9.34. The lowest BCUT2D eigenvalue weighted by molar-refractivity contribution is -0.112. The first kappa shape index (κ1) is 21.0. The molecule has 0 unspecified atom stereocenters. The van der Waals surface area contributed by atoms with Crippen molar-refractivity contribution in [1.82, 2.24) is 0 Å². The van der Waals surface area contributed by atoms with Crippen molar-refractivity contribution in [3.8, 4) is 29.1 Å². The molecule has 0 atom stereocenters. The fourth-order valence-electron chi connectivity index (χ4n) is 3.03. The van der Waals surface area contributed by atoms with Gasteiger partial charge in [-0.05, 0) is 48.7 Å². The molecule has 0 spiro atoms. The molecule has 1 aliphatic rings. The van der Waals surface area contributed by atoms with E-state index in [4.69, 9.17) is 14.2 Å². The van der Waals surface area contributed by atoms with Gasteiger partial charge in [0.15, 0.2) is 11.5 Å². The monoisotopic (exact) mass is 404 g/mol. The minimum Gasteiger partial charge on any atom is -0.493 e. The lowest BCUT2D eigenvalue weighted by Gasteiger charge is -2.12. The zero-order chi connectivity index (χ0) is 21.5. The van der Waals surface area contributed by atoms with Crippen LogP contribution in [0.15, 0.2) is 59.4 Å². The molecular weight excluding hydrogens is 383 g/mol. The molecule has 0 bridgehead atoms. The van der Waals surface area contributed by atoms with E-state index >= 15 is 0 Å². The Balaban J connectivity index is 1.90. The molecule has 152 valence electrons. The summed E-state index contributed by atoms with van der Waals surface area (Å²) in [6, 6.07) is 9.77. The van der Waals surface area contributed by atoms with Crippen LogP contribution >= 0.6 is 0 Å². The number of hydrogen-bond acceptors (Lipinski definition) is 4. The van der Waals surface area contributed by atoms with E-state index in [-0.39, 0.29) is 11.3 Å². The van der Waals surface area contributed by atoms with Gasteiger partial charge in [0.05, 0.1) is 32.5 Å². The Morgan fingerprint density at radius 2 is 1.70 bits per heavy atom. The molecule has 0 aliphatic heterocycles. The fourth-order valence-corrected chi connectivity index (χ4v) is 3.03. The number of ether oxygens (including phenoxy) is 3. The number of rotatable bonds is 4. The smallest absolute Gasteiger partial charge is 0.204 e. The van der Waals surface area contributed by atoms with Gasteiger partial charge in [-0.3, -0.25) is 4.79 Å². The summed E-state index contributed by atoms with van der Waals surface area (Å²) in [5.74, 6) is 6.45. The van der Waals surface area contributed by atoms with Crippen molar-refractivity contribution in [1.29, 1.82) is 0 Å². The molecule has 2 aromatic rings. The minimum absolute atomic E-state index is 0.200. The summed E-state index contributed by atoms with van der Waals surface area (Å²) in [5, 5.41) is 0. The van der Waals surface area contributed by atoms with Crippen LogP contribution in [0.5, 0.6) is 17.2 Å². The maximum Gasteiger partial charge on any atom is 0.204 e. The van der Waals surface area contributed by atoms with Crippen LogP contribution in [-0.4, -0.2) is 27.1 Å². The van der Waals surface area contributed by atoms with Gasteiger partial charge in [-0.1, -0.05) is 30.0 Å². The van der Waals surface area contributed by atoms with Crippen molar-refractivity contribution in [2.75, 3.05) is 21.3 Å². The molecule has 30 heavy (non-hydrogen) atoms. The second kappa shape index (κ2) is 9.65. The van der Waals surface area contributed by atoms with Crippen LogP contribution in [0.2, 0.25) is 0 Å². The van der Waals surface area contributed by atoms with Gasteiger partial charge < -0.3 is 14.2 Å². The molecule has 5 heteroatoms. The summed E-state index contributed by atoms with van der Waals surface area (Å²) in [5.41, 5.74) is 4.95. The summed E-state index contributed by atoms with van der Waals surface area (Å²) >= 11 is 0. The van der Waals surface area contributed by atoms with Gasteiger partial charge >= 0.3 is 0 Å². The highest BCUT2D eigenvalue weighted by Gasteiger charge is 2.18. The molecular formula is C25H21FO4. The number of ketones is 1. The molecule has 0 heterocycles. The van der Waals surface area contributed by atoms with Gasteiger partial charge in [0.2, 0.25) is 11.5 Å². The Morgan fingerprint density at radius 3 is 2.33 bits per heavy atom. The zero-order valence-electron chi connectivity index (χ0n) is 17.0. The molecule has 0 saturated carbocycles. The SMILES string of the molecule is COc1cc(C=C=C2CCC=C(C#Cc3ccccc3F)C2=O)cc(OC)c1OC. The molecule has 3 rings (SSSR count). The van der Waals surface area contributed by atoms with Crippen molar-refractivity contribution in [2.45, 2.75) is 12.8 Å². The van der Waals surface area contributed by atoms with Crippen molar-refractivity contribution in [3.63, 3.8) is 0 Å². The average molecular weight is 404 g/mol. The van der Waals surface area contributed by atoms with Gasteiger partial charge in [-0.25, -0.2) is 4.39 Å². The molecule has 4 nitrogen and oxygen atoms in total. The number of carbonyl (C=O) groups excluding carboxylic acids is 1. The Bertz CT molecular complexity index is 1100. The van der Waals surface area contributed by atoms with Crippen molar-refractivity contribution < 1.29 is 23.4 Å². The quantitative estimate of drug-likeness (QED) is 0.420. The van der Waals surface area contributed by atoms with E-state index in [0.717, 1.165) is 5.56 Å². The van der Waals surface area contributed by atoms with Crippen molar-refractivity contribution in [2.24, 2.45) is 0 Å². The maximum atomic E-state index is 13.7. The lowest BCUT2D eigenvalue weighted by atomic mass is 9.93. The zero-order valence-corrected chi connectivity index (χ0v) is 17.0. The Kier molecular flexibility index (Phi) is 6.75. The normalized spacial score (nSPS) is 12.9. The highest BCUT2D eigenvalue weighted by Crippen LogP contribution is 2.38. The van der Waals surface area contributed by atoms with E-state index in [1.165, 1.54) is 13.2 Å². The molecule has 0 N–H and O–H groups in total. The largest absolute Gasteiger partial charge is 0.493 e. The summed E-state index contributed by atoms with van der Waals surface area (Å²) < 4.78 is 29.8. The van der Waals surface area contributed by atoms with E-state index in [0.29, 0.717) is 41.2 Å². The molecule has 1 aliphatic carbocycles. The summed E-state index contributed by atoms with van der Waals surface area (Å²) in [4.78, 5) is 12.7. The third-order valence-electron chi connectivity index (χ3n) is 4.57. The number of benzene rings is 2. The van der Waals surface area contributed by atoms with Crippen LogP contribution in [0, 0.1) is 17.7 Å². The predicted octanol–water partition coefficient (Wildman–Crippen LogP) is 4.73. The van der Waals surface area contributed by atoms with Gasteiger partial charge in [-0.2, -0.15) is 0 Å². The van der Waals surface area contributed by atoms with Crippen molar-refractivity contribution in [3.05, 3.63) is 76.3 Å². The lowest BCUT2D eigenvalue weighted by Crippen LogP contribution is -2.09. The van der Waals surface area contributed by atoms with E-state index in [1.807, 2.05) is 0 Å². The van der Waals surface area contributed by atoms with Crippen LogP contribution in [-0.2, 0) is 4.79 Å². The number of hydrogen-bond donors (Lipinski definition) is 0. The molecule has 0 fully saturated rings. The van der Waals surface area contributed by atoms with Crippen LogP contribution in [0.3, 0.4) is 0 Å². The number of allylic oxidation sites excluding steroid dienone is 3. The first-order chi connectivity index (χ1) is 14.6. The van der Waals surface area contributed by atoms with Crippen LogP contribution < -0.4 is 14.2 Å². The highest BCUT2D eigenvalue weighted by atomic mass is 19.1. The predicted molar refractivity (Wildman–Crippen MR) is 113 cm³/mol. The second-order valence-corrected chi connectivity index (χ2v) is 6.44. The topological polar surface area (TPSA) is 44.8 Å². The fraction of sp³-hybridized carbons (Fsp3) is 0.200. The third-order valence-corrected chi connectivity index (χ3v) is 4.57. The van der Waals surface area contributed by atoms with Crippen LogP contribution in [0.25, 0.3) is 6.08 Å². The molecule has 0 radical (unpaired) electrons. The van der Waals surface area contributed by atoms with Crippen molar-refractivity contribution >= 4 is 11.9 Å².